The van der Waals surface area contributed by atoms with Crippen molar-refractivity contribution in [2.24, 2.45) is 0 Å². The van der Waals surface area contributed by atoms with Gasteiger partial charge in [0.15, 0.2) is 0 Å². The van der Waals surface area contributed by atoms with Crippen molar-refractivity contribution in [3.8, 4) is 10.8 Å². The lowest BCUT2D eigenvalue weighted by Gasteiger charge is -2.31. The van der Waals surface area contributed by atoms with E-state index in [4.69, 9.17) is 4.74 Å². The second-order valence-electron chi connectivity index (χ2n) is 9.04. The average Bonchev–Trinajstić information content (AvgIpc) is 3.46. The van der Waals surface area contributed by atoms with Gasteiger partial charge in [0.1, 0.15) is 10.8 Å². The van der Waals surface area contributed by atoms with Gasteiger partial charge in [-0.05, 0) is 79.3 Å². The van der Waals surface area contributed by atoms with Crippen LogP contribution in [0.25, 0.3) is 5.00 Å². The van der Waals surface area contributed by atoms with E-state index in [2.05, 4.69) is 56.3 Å². The smallest absolute Gasteiger partial charge is 0.322 e. The van der Waals surface area contributed by atoms with E-state index in [0.717, 1.165) is 40.0 Å². The first-order chi connectivity index (χ1) is 17.1. The monoisotopic (exact) mass is 547 g/mol. The van der Waals surface area contributed by atoms with Crippen LogP contribution in [-0.4, -0.2) is 22.6 Å². The van der Waals surface area contributed by atoms with Crippen molar-refractivity contribution in [1.29, 1.82) is 0 Å². The minimum atomic E-state index is -0.234. The van der Waals surface area contributed by atoms with Crippen LogP contribution in [0.1, 0.15) is 46.1 Å². The number of aromatic nitrogens is 1. The second-order valence-corrected chi connectivity index (χ2v) is 11.0. The molecule has 1 N–H and O–H groups in total. The highest BCUT2D eigenvalue weighted by atomic mass is 79.9. The van der Waals surface area contributed by atoms with E-state index in [1.54, 1.807) is 7.11 Å². The number of nitrogens with zero attached hydrogens (tertiary/aromatic N) is 2. The summed E-state index contributed by atoms with van der Waals surface area (Å²) in [7, 11) is 1.67. The topological polar surface area (TPSA) is 46.5 Å². The van der Waals surface area contributed by atoms with Gasteiger partial charge in [-0.1, -0.05) is 34.1 Å². The fraction of sp³-hybridized carbons (Fsp3) is 0.250. The largest absolute Gasteiger partial charge is 0.497 e. The molecule has 0 fully saturated rings. The number of anilines is 1. The molecule has 0 bridgehead atoms. The molecule has 0 radical (unpaired) electrons. The van der Waals surface area contributed by atoms with Crippen molar-refractivity contribution in [2.45, 2.75) is 38.3 Å². The minimum absolute atomic E-state index is 0.111. The number of ether oxygens (including phenoxy) is 1. The lowest BCUT2D eigenvalue weighted by atomic mass is 9.95. The number of amides is 2. The molecule has 0 unspecified atom stereocenters. The maximum Gasteiger partial charge on any atom is 0.322 e. The third kappa shape index (κ3) is 4.06. The molecule has 35 heavy (non-hydrogen) atoms. The zero-order chi connectivity index (χ0) is 23.9. The van der Waals surface area contributed by atoms with Gasteiger partial charge in [0.05, 0.1) is 25.4 Å². The number of aryl methyl sites for hydroxylation is 1. The Morgan fingerprint density at radius 2 is 1.89 bits per heavy atom. The van der Waals surface area contributed by atoms with Gasteiger partial charge in [0.2, 0.25) is 0 Å². The summed E-state index contributed by atoms with van der Waals surface area (Å²) in [5, 5.41) is 4.41. The van der Waals surface area contributed by atoms with Gasteiger partial charge < -0.3 is 19.5 Å². The summed E-state index contributed by atoms with van der Waals surface area (Å²) in [6, 6.07) is 19.7. The summed E-state index contributed by atoms with van der Waals surface area (Å²) < 4.78 is 8.64. The second kappa shape index (κ2) is 9.21. The summed E-state index contributed by atoms with van der Waals surface area (Å²) in [6.07, 6.45) is 6.82. The first kappa shape index (κ1) is 22.4. The quantitative estimate of drug-likeness (QED) is 0.292. The number of benzene rings is 2. The number of halogens is 1. The van der Waals surface area contributed by atoms with Crippen molar-refractivity contribution in [1.82, 2.24) is 9.47 Å². The molecule has 0 saturated carbocycles. The highest BCUT2D eigenvalue weighted by molar-refractivity contribution is 9.10. The van der Waals surface area contributed by atoms with Gasteiger partial charge >= 0.3 is 6.03 Å². The SMILES string of the molecule is COc1ccc([C@@H]2c3cccn3-c3sc4c(c3CN2C(=O)Nc2cccc(Br)c2)CCCC4)cc1. The highest BCUT2D eigenvalue weighted by Crippen LogP contribution is 2.44. The molecular weight excluding hydrogens is 522 g/mol. The van der Waals surface area contributed by atoms with Gasteiger partial charge in [-0.15, -0.1) is 11.3 Å². The number of carbonyl (C=O) groups is 1. The molecule has 0 spiro atoms. The predicted octanol–water partition coefficient (Wildman–Crippen LogP) is 7.33. The van der Waals surface area contributed by atoms with Crippen molar-refractivity contribution < 1.29 is 9.53 Å². The molecule has 7 heteroatoms. The summed E-state index contributed by atoms with van der Waals surface area (Å²) >= 11 is 5.42. The Kier molecular flexibility index (Phi) is 5.90. The Bertz CT molecular complexity index is 1390. The number of urea groups is 1. The minimum Gasteiger partial charge on any atom is -0.497 e. The van der Waals surface area contributed by atoms with E-state index in [1.807, 2.05) is 52.6 Å². The zero-order valence-corrected chi connectivity index (χ0v) is 21.9. The summed E-state index contributed by atoms with van der Waals surface area (Å²) in [4.78, 5) is 17.4. The molecule has 5 nitrogen and oxygen atoms in total. The first-order valence-corrected chi connectivity index (χ1v) is 13.5. The highest BCUT2D eigenvalue weighted by Gasteiger charge is 2.36. The van der Waals surface area contributed by atoms with Crippen LogP contribution in [-0.2, 0) is 19.4 Å². The van der Waals surface area contributed by atoms with E-state index in [0.29, 0.717) is 6.54 Å². The lowest BCUT2D eigenvalue weighted by Crippen LogP contribution is -2.38. The third-order valence-corrected chi connectivity index (χ3v) is 8.77. The van der Waals surface area contributed by atoms with E-state index >= 15 is 0 Å². The van der Waals surface area contributed by atoms with E-state index in [-0.39, 0.29) is 12.1 Å². The third-order valence-electron chi connectivity index (χ3n) is 6.95. The van der Waals surface area contributed by atoms with Crippen LogP contribution in [0.4, 0.5) is 10.5 Å². The molecule has 2 amide bonds. The zero-order valence-electron chi connectivity index (χ0n) is 19.5. The molecular formula is C28H26BrN3O2S. The van der Waals surface area contributed by atoms with Gasteiger partial charge in [-0.25, -0.2) is 4.79 Å². The van der Waals surface area contributed by atoms with E-state index in [9.17, 15) is 4.79 Å². The summed E-state index contributed by atoms with van der Waals surface area (Å²) in [5.74, 6) is 0.802. The van der Waals surface area contributed by atoms with Crippen LogP contribution in [0.5, 0.6) is 5.75 Å². The first-order valence-electron chi connectivity index (χ1n) is 11.9. The standard InChI is InChI=1S/C28H26BrN3O2S/c1-34-21-13-11-18(12-14-21)26-24-9-5-15-31(24)27-23(22-8-2-3-10-25(22)35-27)17-32(26)28(33)30-20-7-4-6-19(29)16-20/h4-7,9,11-16,26H,2-3,8,10,17H2,1H3,(H,30,33)/t26-/m1/s1. The molecule has 1 aliphatic carbocycles. The number of thiophene rings is 1. The molecule has 2 aromatic carbocycles. The maximum absolute atomic E-state index is 13.9. The molecule has 2 aromatic heterocycles. The number of hydrogen-bond acceptors (Lipinski definition) is 3. The predicted molar refractivity (Wildman–Crippen MR) is 144 cm³/mol. The van der Waals surface area contributed by atoms with Gasteiger partial charge in [0.25, 0.3) is 0 Å². The fourth-order valence-corrected chi connectivity index (χ4v) is 7.09. The van der Waals surface area contributed by atoms with Crippen LogP contribution in [0.2, 0.25) is 0 Å². The van der Waals surface area contributed by atoms with Gasteiger partial charge in [-0.2, -0.15) is 0 Å². The Morgan fingerprint density at radius 3 is 2.69 bits per heavy atom. The van der Waals surface area contributed by atoms with Crippen LogP contribution >= 0.6 is 27.3 Å². The molecule has 1 atom stereocenters. The van der Waals surface area contributed by atoms with Crippen LogP contribution in [0, 0.1) is 0 Å². The molecule has 6 rings (SSSR count). The number of carbonyl (C=O) groups excluding carboxylic acids is 1. The van der Waals surface area contributed by atoms with E-state index < -0.39 is 0 Å². The Labute approximate surface area is 217 Å². The fourth-order valence-electron chi connectivity index (χ4n) is 5.29. The maximum atomic E-state index is 13.9. The lowest BCUT2D eigenvalue weighted by molar-refractivity contribution is 0.194. The number of hydrogen-bond donors (Lipinski definition) is 1. The van der Waals surface area contributed by atoms with Crippen molar-refractivity contribution in [3.05, 3.63) is 98.6 Å². The van der Waals surface area contributed by atoms with Crippen LogP contribution in [0.3, 0.4) is 0 Å². The Morgan fingerprint density at radius 1 is 1.06 bits per heavy atom. The van der Waals surface area contributed by atoms with Crippen molar-refractivity contribution in [2.75, 3.05) is 12.4 Å². The molecule has 1 aliphatic heterocycles. The molecule has 2 aliphatic rings. The van der Waals surface area contributed by atoms with Crippen molar-refractivity contribution >= 4 is 39.0 Å². The summed E-state index contributed by atoms with van der Waals surface area (Å²) in [6.45, 7) is 0.569. The Hall–Kier alpha value is -3.03. The molecule has 178 valence electrons. The molecule has 0 saturated heterocycles. The van der Waals surface area contributed by atoms with Gasteiger partial charge in [-0.3, -0.25) is 0 Å². The number of methoxy groups -OCH3 is 1. The normalized spacial score (nSPS) is 16.6. The molecule has 3 heterocycles. The number of fused-ring (bicyclic) bond motifs is 5. The van der Waals surface area contributed by atoms with Gasteiger partial charge in [0, 0.05) is 26.8 Å². The Balaban J connectivity index is 1.49. The van der Waals surface area contributed by atoms with Crippen LogP contribution in [0.15, 0.2) is 71.3 Å². The van der Waals surface area contributed by atoms with Crippen molar-refractivity contribution in [3.63, 3.8) is 0 Å². The summed E-state index contributed by atoms with van der Waals surface area (Å²) in [5.41, 5.74) is 5.66. The molecule has 4 aromatic rings. The van der Waals surface area contributed by atoms with Crippen LogP contribution < -0.4 is 10.1 Å². The average molecular weight is 549 g/mol. The number of rotatable bonds is 3. The van der Waals surface area contributed by atoms with E-state index in [1.165, 1.54) is 33.8 Å². The number of nitrogens with one attached hydrogen (secondary N) is 1.